The first-order chi connectivity index (χ1) is 8.89. The van der Waals surface area contributed by atoms with Crippen LogP contribution in [0.1, 0.15) is 31.2 Å². The molecule has 1 atom stereocenters. The highest BCUT2D eigenvalue weighted by atomic mass is 32.2. The average molecular weight is 284 g/mol. The van der Waals surface area contributed by atoms with E-state index in [-0.39, 0.29) is 23.2 Å². The van der Waals surface area contributed by atoms with E-state index < -0.39 is 9.84 Å². The van der Waals surface area contributed by atoms with Gasteiger partial charge in [0.15, 0.2) is 9.84 Å². The van der Waals surface area contributed by atoms with E-state index >= 15 is 0 Å². The van der Waals surface area contributed by atoms with Crippen molar-refractivity contribution < 1.29 is 13.2 Å². The molecule has 2 rings (SSSR count). The third-order valence-electron chi connectivity index (χ3n) is 3.61. The molecule has 0 aliphatic carbocycles. The van der Waals surface area contributed by atoms with Gasteiger partial charge in [0.1, 0.15) is 5.78 Å². The molecule has 5 nitrogen and oxygen atoms in total. The normalized spacial score (nSPS) is 21.7. The van der Waals surface area contributed by atoms with Gasteiger partial charge in [-0.05, 0) is 24.8 Å². The van der Waals surface area contributed by atoms with E-state index in [1.807, 2.05) is 20.0 Å². The number of Topliss-reactive ketones (excluding diaryl/α,β-unsaturated/α-hetero) is 1. The highest BCUT2D eigenvalue weighted by Crippen LogP contribution is 2.22. The van der Waals surface area contributed by atoms with Gasteiger partial charge in [-0.25, -0.2) is 8.42 Å². The lowest BCUT2D eigenvalue weighted by molar-refractivity contribution is -0.119. The first-order valence-electron chi connectivity index (χ1n) is 6.63. The summed E-state index contributed by atoms with van der Waals surface area (Å²) in [7, 11) is -1.06. The third kappa shape index (κ3) is 3.65. The van der Waals surface area contributed by atoms with E-state index in [9.17, 15) is 13.2 Å². The number of nitrogens with zero attached hydrogens (tertiary/aromatic N) is 2. The Balaban J connectivity index is 1.92. The summed E-state index contributed by atoms with van der Waals surface area (Å²) in [5, 5.41) is 4.31. The molecule has 1 unspecified atom stereocenters. The van der Waals surface area contributed by atoms with Crippen LogP contribution in [0.15, 0.2) is 6.07 Å². The lowest BCUT2D eigenvalue weighted by atomic mass is 9.99. The predicted molar refractivity (Wildman–Crippen MR) is 72.7 cm³/mol. The summed E-state index contributed by atoms with van der Waals surface area (Å²) in [5.74, 6) is 0.519. The van der Waals surface area contributed by atoms with Gasteiger partial charge in [-0.2, -0.15) is 5.10 Å². The van der Waals surface area contributed by atoms with E-state index in [2.05, 4.69) is 5.10 Å². The van der Waals surface area contributed by atoms with Crippen molar-refractivity contribution in [3.8, 4) is 0 Å². The molecule has 1 aromatic rings. The number of ketones is 1. The van der Waals surface area contributed by atoms with Crippen LogP contribution in [0.25, 0.3) is 0 Å². The Morgan fingerprint density at radius 2 is 2.26 bits per heavy atom. The summed E-state index contributed by atoms with van der Waals surface area (Å²) in [4.78, 5) is 12.0. The predicted octanol–water partition coefficient (Wildman–Crippen LogP) is 0.919. The molecule has 1 aliphatic rings. The summed E-state index contributed by atoms with van der Waals surface area (Å²) in [6.45, 7) is 2.03. The SMILES string of the molecule is CCc1cc(CC(=O)CC2CCS(=O)(=O)C2)n(C)n1. The first-order valence-corrected chi connectivity index (χ1v) is 8.45. The summed E-state index contributed by atoms with van der Waals surface area (Å²) in [6, 6.07) is 1.95. The molecule has 0 spiro atoms. The number of hydrogen-bond donors (Lipinski definition) is 0. The zero-order valence-electron chi connectivity index (χ0n) is 11.4. The molecular weight excluding hydrogens is 264 g/mol. The van der Waals surface area contributed by atoms with Crippen LogP contribution in [-0.4, -0.2) is 35.5 Å². The van der Waals surface area contributed by atoms with E-state index in [0.717, 1.165) is 17.8 Å². The van der Waals surface area contributed by atoms with E-state index in [0.29, 0.717) is 19.3 Å². The van der Waals surface area contributed by atoms with E-state index in [4.69, 9.17) is 0 Å². The molecule has 0 saturated carbocycles. The molecule has 1 aliphatic heterocycles. The van der Waals surface area contributed by atoms with Gasteiger partial charge in [-0.1, -0.05) is 6.92 Å². The Labute approximate surface area is 113 Å². The van der Waals surface area contributed by atoms with Gasteiger partial charge in [-0.3, -0.25) is 9.48 Å². The van der Waals surface area contributed by atoms with Crippen LogP contribution in [0.2, 0.25) is 0 Å². The lowest BCUT2D eigenvalue weighted by Gasteiger charge is -2.06. The summed E-state index contributed by atoms with van der Waals surface area (Å²) < 4.78 is 24.4. The minimum absolute atomic E-state index is 0.0105. The monoisotopic (exact) mass is 284 g/mol. The summed E-state index contributed by atoms with van der Waals surface area (Å²) in [6.07, 6.45) is 2.19. The average Bonchev–Trinajstić information content (AvgIpc) is 2.82. The molecule has 0 N–H and O–H groups in total. The van der Waals surface area contributed by atoms with Crippen LogP contribution in [-0.2, 0) is 34.5 Å². The molecule has 1 aromatic heterocycles. The summed E-state index contributed by atoms with van der Waals surface area (Å²) >= 11 is 0. The zero-order valence-corrected chi connectivity index (χ0v) is 12.2. The Hall–Kier alpha value is -1.17. The number of hydrogen-bond acceptors (Lipinski definition) is 4. The summed E-state index contributed by atoms with van der Waals surface area (Å²) in [5.41, 5.74) is 1.89. The van der Waals surface area contributed by atoms with Gasteiger partial charge >= 0.3 is 0 Å². The van der Waals surface area contributed by atoms with Crippen LogP contribution in [0, 0.1) is 5.92 Å². The number of carbonyl (C=O) groups excluding carboxylic acids is 1. The maximum absolute atomic E-state index is 12.0. The highest BCUT2D eigenvalue weighted by molar-refractivity contribution is 7.91. The van der Waals surface area contributed by atoms with Crippen molar-refractivity contribution in [1.82, 2.24) is 9.78 Å². The fraction of sp³-hybridized carbons (Fsp3) is 0.692. The standard InChI is InChI=1S/C13H20N2O3S/c1-3-11-7-12(15(2)14-11)8-13(16)6-10-4-5-19(17,18)9-10/h7,10H,3-6,8-9H2,1-2H3. The minimum atomic E-state index is -2.89. The largest absolute Gasteiger partial charge is 0.299 e. The van der Waals surface area contributed by atoms with Crippen LogP contribution in [0.4, 0.5) is 0 Å². The van der Waals surface area contributed by atoms with Gasteiger partial charge in [0.05, 0.1) is 17.2 Å². The molecule has 106 valence electrons. The van der Waals surface area contributed by atoms with E-state index in [1.165, 1.54) is 0 Å². The van der Waals surface area contributed by atoms with Crippen molar-refractivity contribution in [2.45, 2.75) is 32.6 Å². The van der Waals surface area contributed by atoms with Crippen LogP contribution in [0.3, 0.4) is 0 Å². The molecular formula is C13H20N2O3S. The second kappa shape index (κ2) is 5.45. The maximum Gasteiger partial charge on any atom is 0.150 e. The fourth-order valence-electron chi connectivity index (χ4n) is 2.54. The highest BCUT2D eigenvalue weighted by Gasteiger charge is 2.29. The number of sulfone groups is 1. The molecule has 1 saturated heterocycles. The number of carbonyl (C=O) groups is 1. The van der Waals surface area contributed by atoms with E-state index in [1.54, 1.807) is 4.68 Å². The smallest absolute Gasteiger partial charge is 0.150 e. The number of aryl methyl sites for hydroxylation is 2. The topological polar surface area (TPSA) is 69.0 Å². The van der Waals surface area contributed by atoms with Gasteiger partial charge in [-0.15, -0.1) is 0 Å². The Bertz CT molecular complexity index is 575. The van der Waals surface area contributed by atoms with Gasteiger partial charge in [0.25, 0.3) is 0 Å². The minimum Gasteiger partial charge on any atom is -0.299 e. The van der Waals surface area contributed by atoms with Gasteiger partial charge in [0, 0.05) is 25.6 Å². The first kappa shape index (κ1) is 14.2. The van der Waals surface area contributed by atoms with Crippen LogP contribution >= 0.6 is 0 Å². The molecule has 0 radical (unpaired) electrons. The molecule has 0 aromatic carbocycles. The zero-order chi connectivity index (χ0) is 14.0. The van der Waals surface area contributed by atoms with Gasteiger partial charge in [0.2, 0.25) is 0 Å². The fourth-order valence-corrected chi connectivity index (χ4v) is 4.40. The van der Waals surface area contributed by atoms with Crippen molar-refractivity contribution >= 4 is 15.6 Å². The van der Waals surface area contributed by atoms with Crippen LogP contribution < -0.4 is 0 Å². The Morgan fingerprint density at radius 1 is 1.53 bits per heavy atom. The molecule has 0 amide bonds. The second-order valence-electron chi connectivity index (χ2n) is 5.29. The van der Waals surface area contributed by atoms with Crippen molar-refractivity contribution in [2.75, 3.05) is 11.5 Å². The lowest BCUT2D eigenvalue weighted by Crippen LogP contribution is -2.13. The van der Waals surface area contributed by atoms with Crippen molar-refractivity contribution in [3.63, 3.8) is 0 Å². The number of aromatic nitrogens is 2. The molecule has 0 bridgehead atoms. The van der Waals surface area contributed by atoms with Crippen molar-refractivity contribution in [3.05, 3.63) is 17.5 Å². The molecule has 6 heteroatoms. The van der Waals surface area contributed by atoms with Gasteiger partial charge < -0.3 is 0 Å². The van der Waals surface area contributed by atoms with Crippen molar-refractivity contribution in [2.24, 2.45) is 13.0 Å². The molecule has 2 heterocycles. The Morgan fingerprint density at radius 3 is 2.79 bits per heavy atom. The van der Waals surface area contributed by atoms with Crippen LogP contribution in [0.5, 0.6) is 0 Å². The number of rotatable bonds is 5. The molecule has 1 fully saturated rings. The third-order valence-corrected chi connectivity index (χ3v) is 5.45. The van der Waals surface area contributed by atoms with Crippen molar-refractivity contribution in [1.29, 1.82) is 0 Å². The second-order valence-corrected chi connectivity index (χ2v) is 7.52. The Kier molecular flexibility index (Phi) is 4.08. The quantitative estimate of drug-likeness (QED) is 0.806. The molecule has 19 heavy (non-hydrogen) atoms. The maximum atomic E-state index is 12.0.